The molecule has 0 bridgehead atoms. The second kappa shape index (κ2) is 10.4. The molecule has 0 saturated carbocycles. The van der Waals surface area contributed by atoms with Crippen molar-refractivity contribution < 1.29 is 14.0 Å². The number of anilines is 1. The molecular weight excluding hydrogens is 532 g/mol. The van der Waals surface area contributed by atoms with Gasteiger partial charge < -0.3 is 15.2 Å². The van der Waals surface area contributed by atoms with Crippen LogP contribution in [0.2, 0.25) is 10.0 Å². The number of halogens is 4. The quantitative estimate of drug-likeness (QED) is 0.420. The van der Waals surface area contributed by atoms with Crippen molar-refractivity contribution in [3.05, 3.63) is 68.1 Å². The predicted molar refractivity (Wildman–Crippen MR) is 122 cm³/mol. The van der Waals surface area contributed by atoms with Gasteiger partial charge in [0.2, 0.25) is 5.91 Å². The van der Waals surface area contributed by atoms with Crippen LogP contribution in [0, 0.1) is 5.82 Å². The second-order valence-corrected chi connectivity index (χ2v) is 8.93. The molecule has 2 amide bonds. The van der Waals surface area contributed by atoms with Crippen LogP contribution in [0.5, 0.6) is 0 Å². The van der Waals surface area contributed by atoms with Gasteiger partial charge in [0.25, 0.3) is 5.91 Å². The van der Waals surface area contributed by atoms with E-state index in [0.29, 0.717) is 26.0 Å². The highest BCUT2D eigenvalue weighted by Crippen LogP contribution is 2.22. The van der Waals surface area contributed by atoms with Gasteiger partial charge in [-0.15, -0.1) is 10.2 Å². The lowest BCUT2D eigenvalue weighted by atomic mass is 10.2. The van der Waals surface area contributed by atoms with Crippen LogP contribution in [0.4, 0.5) is 10.1 Å². The fraction of sp³-hybridized carbons (Fsp3) is 0.158. The molecule has 0 atom stereocenters. The van der Waals surface area contributed by atoms with E-state index in [1.807, 2.05) is 0 Å². The summed E-state index contributed by atoms with van der Waals surface area (Å²) in [5.41, 5.74) is 0.385. The van der Waals surface area contributed by atoms with E-state index in [9.17, 15) is 14.0 Å². The van der Waals surface area contributed by atoms with Crippen molar-refractivity contribution in [1.82, 2.24) is 20.1 Å². The normalized spacial score (nSPS) is 10.7. The van der Waals surface area contributed by atoms with Gasteiger partial charge in [0.15, 0.2) is 11.0 Å². The number of nitrogens with zero attached hydrogens (tertiary/aromatic N) is 3. The highest BCUT2D eigenvalue weighted by Gasteiger charge is 2.15. The molecule has 0 aliphatic rings. The Morgan fingerprint density at radius 1 is 1.19 bits per heavy atom. The lowest BCUT2D eigenvalue weighted by Crippen LogP contribution is -2.24. The standard InChI is InChI=1S/C19H15BrCl2FN5O2S/c1-28-16(8-24-18(30)12-4-3-11(21)7-13(12)22)26-27-19(28)31-9-17(29)25-15-5-2-10(20)6-14(15)23/h2-7H,8-9H2,1H3,(H,24,30)(H,25,29). The molecule has 7 nitrogen and oxygen atoms in total. The predicted octanol–water partition coefficient (Wildman–Crippen LogP) is 4.68. The Morgan fingerprint density at radius 3 is 2.68 bits per heavy atom. The fourth-order valence-electron chi connectivity index (χ4n) is 2.46. The van der Waals surface area contributed by atoms with E-state index in [2.05, 4.69) is 36.8 Å². The van der Waals surface area contributed by atoms with Gasteiger partial charge in [-0.3, -0.25) is 9.59 Å². The Bertz CT molecular complexity index is 1140. The number of thioether (sulfide) groups is 1. The first kappa shape index (κ1) is 23.5. The average Bonchev–Trinajstić information content (AvgIpc) is 3.06. The molecular formula is C19H15BrCl2FN5O2S. The van der Waals surface area contributed by atoms with Gasteiger partial charge in [-0.1, -0.05) is 50.9 Å². The molecule has 0 unspecified atom stereocenters. The number of amides is 2. The van der Waals surface area contributed by atoms with Crippen LogP contribution < -0.4 is 10.6 Å². The number of nitrogens with one attached hydrogen (secondary N) is 2. The topological polar surface area (TPSA) is 88.9 Å². The summed E-state index contributed by atoms with van der Waals surface area (Å²) in [4.78, 5) is 24.4. The summed E-state index contributed by atoms with van der Waals surface area (Å²) >= 11 is 16.2. The number of hydrogen-bond donors (Lipinski definition) is 2. The summed E-state index contributed by atoms with van der Waals surface area (Å²) < 4.78 is 16.1. The van der Waals surface area contributed by atoms with Crippen molar-refractivity contribution in [2.24, 2.45) is 7.05 Å². The number of hydrogen-bond acceptors (Lipinski definition) is 5. The van der Waals surface area contributed by atoms with E-state index >= 15 is 0 Å². The fourth-order valence-corrected chi connectivity index (χ4v) is 4.02. The summed E-state index contributed by atoms with van der Waals surface area (Å²) in [6.07, 6.45) is 0. The number of aromatic nitrogens is 3. The van der Waals surface area contributed by atoms with Gasteiger partial charge in [0.05, 0.1) is 28.6 Å². The molecule has 2 N–H and O–H groups in total. The molecule has 0 saturated heterocycles. The first-order valence-corrected chi connectivity index (χ1v) is 11.3. The first-order chi connectivity index (χ1) is 14.7. The molecule has 162 valence electrons. The highest BCUT2D eigenvalue weighted by atomic mass is 79.9. The maximum absolute atomic E-state index is 13.8. The number of carbonyl (C=O) groups excluding carboxylic acids is 2. The highest BCUT2D eigenvalue weighted by molar-refractivity contribution is 9.10. The maximum atomic E-state index is 13.8. The summed E-state index contributed by atoms with van der Waals surface area (Å²) in [6, 6.07) is 8.96. The Hall–Kier alpha value is -2.14. The molecule has 0 fully saturated rings. The zero-order chi connectivity index (χ0) is 22.5. The minimum atomic E-state index is -0.537. The minimum Gasteiger partial charge on any atom is -0.345 e. The number of carbonyl (C=O) groups is 2. The molecule has 3 rings (SSSR count). The average molecular weight is 547 g/mol. The van der Waals surface area contributed by atoms with Crippen molar-refractivity contribution in [2.45, 2.75) is 11.7 Å². The summed E-state index contributed by atoms with van der Waals surface area (Å²) in [6.45, 7) is 0.109. The zero-order valence-corrected chi connectivity index (χ0v) is 19.9. The summed E-state index contributed by atoms with van der Waals surface area (Å²) in [5, 5.41) is 14.4. The lowest BCUT2D eigenvalue weighted by molar-refractivity contribution is -0.113. The SMILES string of the molecule is Cn1c(CNC(=O)c2ccc(Cl)cc2Cl)nnc1SCC(=O)Nc1ccc(Br)cc1F. The molecule has 1 heterocycles. The third-order valence-electron chi connectivity index (χ3n) is 4.05. The Morgan fingerprint density at radius 2 is 1.97 bits per heavy atom. The minimum absolute atomic E-state index is 0.00815. The number of benzene rings is 2. The molecule has 0 spiro atoms. The maximum Gasteiger partial charge on any atom is 0.253 e. The summed E-state index contributed by atoms with van der Waals surface area (Å²) in [5.74, 6) is -0.810. The van der Waals surface area contributed by atoms with Gasteiger partial charge in [0, 0.05) is 16.5 Å². The van der Waals surface area contributed by atoms with Crippen molar-refractivity contribution in [3.63, 3.8) is 0 Å². The van der Waals surface area contributed by atoms with E-state index in [4.69, 9.17) is 23.2 Å². The van der Waals surface area contributed by atoms with E-state index in [0.717, 1.165) is 11.8 Å². The lowest BCUT2D eigenvalue weighted by Gasteiger charge is -2.08. The Kier molecular flexibility index (Phi) is 7.93. The van der Waals surface area contributed by atoms with Crippen LogP contribution in [-0.4, -0.2) is 32.3 Å². The van der Waals surface area contributed by atoms with Crippen LogP contribution >= 0.6 is 50.9 Å². The van der Waals surface area contributed by atoms with Crippen LogP contribution in [0.1, 0.15) is 16.2 Å². The van der Waals surface area contributed by atoms with Gasteiger partial charge in [-0.2, -0.15) is 0 Å². The van der Waals surface area contributed by atoms with E-state index in [1.54, 1.807) is 23.7 Å². The van der Waals surface area contributed by atoms with E-state index in [-0.39, 0.29) is 34.8 Å². The molecule has 0 aliphatic carbocycles. The van der Waals surface area contributed by atoms with E-state index in [1.165, 1.54) is 24.3 Å². The van der Waals surface area contributed by atoms with Gasteiger partial charge in [-0.25, -0.2) is 4.39 Å². The molecule has 12 heteroatoms. The first-order valence-electron chi connectivity index (χ1n) is 8.74. The molecule has 2 aromatic carbocycles. The smallest absolute Gasteiger partial charge is 0.253 e. The largest absolute Gasteiger partial charge is 0.345 e. The van der Waals surface area contributed by atoms with Crippen LogP contribution in [-0.2, 0) is 18.4 Å². The van der Waals surface area contributed by atoms with Crippen LogP contribution in [0.3, 0.4) is 0 Å². The van der Waals surface area contributed by atoms with Gasteiger partial charge >= 0.3 is 0 Å². The Balaban J connectivity index is 1.54. The van der Waals surface area contributed by atoms with E-state index < -0.39 is 5.82 Å². The third kappa shape index (κ3) is 6.19. The second-order valence-electron chi connectivity index (χ2n) is 6.23. The van der Waals surface area contributed by atoms with Crippen LogP contribution in [0.25, 0.3) is 0 Å². The van der Waals surface area contributed by atoms with Gasteiger partial charge in [-0.05, 0) is 36.4 Å². The van der Waals surface area contributed by atoms with Gasteiger partial charge in [0.1, 0.15) is 5.82 Å². The zero-order valence-electron chi connectivity index (χ0n) is 16.0. The molecule has 1 aromatic heterocycles. The van der Waals surface area contributed by atoms with Crippen LogP contribution in [0.15, 0.2) is 46.0 Å². The molecule has 3 aromatic rings. The Labute approximate surface area is 199 Å². The van der Waals surface area contributed by atoms with Crippen molar-refractivity contribution >= 4 is 68.4 Å². The summed E-state index contributed by atoms with van der Waals surface area (Å²) in [7, 11) is 1.71. The molecule has 31 heavy (non-hydrogen) atoms. The third-order valence-corrected chi connectivity index (χ3v) is 6.11. The van der Waals surface area contributed by atoms with Crippen molar-refractivity contribution in [2.75, 3.05) is 11.1 Å². The molecule has 0 radical (unpaired) electrons. The molecule has 0 aliphatic heterocycles. The van der Waals surface area contributed by atoms with Crippen molar-refractivity contribution in [1.29, 1.82) is 0 Å². The van der Waals surface area contributed by atoms with Crippen molar-refractivity contribution in [3.8, 4) is 0 Å². The number of rotatable bonds is 7. The monoisotopic (exact) mass is 545 g/mol.